The average molecular weight is 174 g/mol. The summed E-state index contributed by atoms with van der Waals surface area (Å²) in [6.45, 7) is 0. The summed E-state index contributed by atoms with van der Waals surface area (Å²) in [6.07, 6.45) is 7.26. The van der Waals surface area contributed by atoms with Gasteiger partial charge in [-0.2, -0.15) is 15.4 Å². The molecule has 2 heterocycles. The maximum Gasteiger partial charge on any atom is 0.0828 e. The van der Waals surface area contributed by atoms with Gasteiger partial charge in [-0.05, 0) is 24.5 Å². The van der Waals surface area contributed by atoms with E-state index >= 15 is 0 Å². The standard InChI is InChI=1S/C9H10N4/c1-2-8(6-10-5-1)3-4-9-7-11-13-12-9/h1-2,5-7H,3-4H2,(H,11,12,13). The first-order chi connectivity index (χ1) is 6.45. The van der Waals surface area contributed by atoms with Gasteiger partial charge in [-0.15, -0.1) is 0 Å². The molecule has 0 saturated heterocycles. The predicted octanol–water partition coefficient (Wildman–Crippen LogP) is 0.985. The van der Waals surface area contributed by atoms with Gasteiger partial charge in [0.05, 0.1) is 11.9 Å². The second kappa shape index (κ2) is 3.80. The molecule has 13 heavy (non-hydrogen) atoms. The van der Waals surface area contributed by atoms with Gasteiger partial charge < -0.3 is 0 Å². The van der Waals surface area contributed by atoms with E-state index in [1.807, 2.05) is 12.3 Å². The Morgan fingerprint density at radius 1 is 1.23 bits per heavy atom. The molecule has 0 aromatic carbocycles. The lowest BCUT2D eigenvalue weighted by molar-refractivity contribution is 0.868. The average Bonchev–Trinajstić information content (AvgIpc) is 2.69. The van der Waals surface area contributed by atoms with Gasteiger partial charge in [-0.1, -0.05) is 6.07 Å². The Morgan fingerprint density at radius 2 is 2.23 bits per heavy atom. The van der Waals surface area contributed by atoms with E-state index in [9.17, 15) is 0 Å². The van der Waals surface area contributed by atoms with Crippen LogP contribution >= 0.6 is 0 Å². The summed E-state index contributed by atoms with van der Waals surface area (Å²) >= 11 is 0. The molecule has 0 saturated carbocycles. The van der Waals surface area contributed by atoms with Crippen LogP contribution in [0.1, 0.15) is 11.3 Å². The van der Waals surface area contributed by atoms with E-state index in [1.54, 1.807) is 12.4 Å². The zero-order valence-electron chi connectivity index (χ0n) is 7.14. The van der Waals surface area contributed by atoms with Crippen molar-refractivity contribution in [3.8, 4) is 0 Å². The molecule has 0 atom stereocenters. The van der Waals surface area contributed by atoms with Gasteiger partial charge in [0.2, 0.25) is 0 Å². The highest BCUT2D eigenvalue weighted by Crippen LogP contribution is 2.01. The van der Waals surface area contributed by atoms with Crippen molar-refractivity contribution in [2.45, 2.75) is 12.8 Å². The van der Waals surface area contributed by atoms with Crippen LogP contribution in [0.4, 0.5) is 0 Å². The van der Waals surface area contributed by atoms with Gasteiger partial charge in [0, 0.05) is 12.4 Å². The van der Waals surface area contributed by atoms with Crippen molar-refractivity contribution in [3.05, 3.63) is 42.0 Å². The van der Waals surface area contributed by atoms with Crippen molar-refractivity contribution in [1.29, 1.82) is 0 Å². The number of aromatic nitrogens is 4. The predicted molar refractivity (Wildman–Crippen MR) is 48.0 cm³/mol. The summed E-state index contributed by atoms with van der Waals surface area (Å²) in [5, 5.41) is 10.3. The minimum absolute atomic E-state index is 0.905. The van der Waals surface area contributed by atoms with E-state index < -0.39 is 0 Å². The fraction of sp³-hybridized carbons (Fsp3) is 0.222. The first-order valence-corrected chi connectivity index (χ1v) is 4.19. The third kappa shape index (κ3) is 2.11. The van der Waals surface area contributed by atoms with Gasteiger partial charge in [0.1, 0.15) is 0 Å². The molecule has 2 aromatic rings. The maximum atomic E-state index is 4.04. The Labute approximate surface area is 76.0 Å². The van der Waals surface area contributed by atoms with Crippen LogP contribution in [-0.2, 0) is 12.8 Å². The lowest BCUT2D eigenvalue weighted by atomic mass is 10.1. The monoisotopic (exact) mass is 174 g/mol. The van der Waals surface area contributed by atoms with Crippen LogP contribution in [-0.4, -0.2) is 20.4 Å². The van der Waals surface area contributed by atoms with Crippen LogP contribution in [0.3, 0.4) is 0 Å². The second-order valence-corrected chi connectivity index (χ2v) is 2.82. The van der Waals surface area contributed by atoms with Crippen LogP contribution < -0.4 is 0 Å². The number of H-pyrrole nitrogens is 1. The van der Waals surface area contributed by atoms with Crippen molar-refractivity contribution >= 4 is 0 Å². The number of hydrogen-bond donors (Lipinski definition) is 1. The molecular formula is C9H10N4. The second-order valence-electron chi connectivity index (χ2n) is 2.82. The number of rotatable bonds is 3. The Kier molecular flexibility index (Phi) is 2.31. The Morgan fingerprint density at radius 3 is 2.92 bits per heavy atom. The number of hydrogen-bond acceptors (Lipinski definition) is 3. The highest BCUT2D eigenvalue weighted by molar-refractivity contribution is 5.10. The van der Waals surface area contributed by atoms with E-state index in [0.29, 0.717) is 0 Å². The summed E-state index contributed by atoms with van der Waals surface area (Å²) in [7, 11) is 0. The molecule has 2 aromatic heterocycles. The summed E-state index contributed by atoms with van der Waals surface area (Å²) in [4.78, 5) is 4.04. The Hall–Kier alpha value is -1.71. The first-order valence-electron chi connectivity index (χ1n) is 4.19. The molecule has 66 valence electrons. The van der Waals surface area contributed by atoms with Crippen LogP contribution in [0.2, 0.25) is 0 Å². The zero-order chi connectivity index (χ0) is 8.93. The van der Waals surface area contributed by atoms with Crippen molar-refractivity contribution < 1.29 is 0 Å². The summed E-state index contributed by atoms with van der Waals surface area (Å²) in [5.41, 5.74) is 2.22. The molecule has 0 bridgehead atoms. The fourth-order valence-corrected chi connectivity index (χ4v) is 1.16. The van der Waals surface area contributed by atoms with Crippen molar-refractivity contribution in [2.75, 3.05) is 0 Å². The van der Waals surface area contributed by atoms with Gasteiger partial charge in [-0.3, -0.25) is 4.98 Å². The van der Waals surface area contributed by atoms with Crippen molar-refractivity contribution in [3.63, 3.8) is 0 Å². The Bertz CT molecular complexity index is 341. The minimum Gasteiger partial charge on any atom is -0.264 e. The summed E-state index contributed by atoms with van der Waals surface area (Å²) in [5.74, 6) is 0. The summed E-state index contributed by atoms with van der Waals surface area (Å²) < 4.78 is 0. The van der Waals surface area contributed by atoms with E-state index in [-0.39, 0.29) is 0 Å². The molecule has 0 aliphatic heterocycles. The molecule has 0 amide bonds. The molecule has 4 nitrogen and oxygen atoms in total. The molecule has 1 N–H and O–H groups in total. The molecule has 0 fully saturated rings. The highest BCUT2D eigenvalue weighted by atomic mass is 15.3. The largest absolute Gasteiger partial charge is 0.264 e. The van der Waals surface area contributed by atoms with Gasteiger partial charge >= 0.3 is 0 Å². The number of nitrogens with zero attached hydrogens (tertiary/aromatic N) is 3. The quantitative estimate of drug-likeness (QED) is 0.754. The van der Waals surface area contributed by atoms with Gasteiger partial charge in [-0.25, -0.2) is 0 Å². The van der Waals surface area contributed by atoms with E-state index in [1.165, 1.54) is 5.56 Å². The first kappa shape index (κ1) is 7.91. The highest BCUT2D eigenvalue weighted by Gasteiger charge is 1.96. The minimum atomic E-state index is 0.905. The maximum absolute atomic E-state index is 4.04. The van der Waals surface area contributed by atoms with E-state index in [2.05, 4.69) is 26.5 Å². The molecule has 0 aliphatic rings. The lowest BCUT2D eigenvalue weighted by Crippen LogP contribution is -1.91. The third-order valence-electron chi connectivity index (χ3n) is 1.86. The van der Waals surface area contributed by atoms with Gasteiger partial charge in [0.25, 0.3) is 0 Å². The SMILES string of the molecule is c1cncc(CCc2cn[nH]n2)c1. The number of aromatic amines is 1. The number of aryl methyl sites for hydroxylation is 2. The number of pyridine rings is 1. The van der Waals surface area contributed by atoms with Crippen LogP contribution in [0.5, 0.6) is 0 Å². The van der Waals surface area contributed by atoms with E-state index in [0.717, 1.165) is 18.5 Å². The molecule has 2 rings (SSSR count). The topological polar surface area (TPSA) is 54.5 Å². The van der Waals surface area contributed by atoms with Crippen LogP contribution in [0.25, 0.3) is 0 Å². The van der Waals surface area contributed by atoms with Crippen molar-refractivity contribution in [2.24, 2.45) is 0 Å². The Balaban J connectivity index is 1.94. The van der Waals surface area contributed by atoms with Crippen LogP contribution in [0.15, 0.2) is 30.7 Å². The molecule has 0 spiro atoms. The smallest absolute Gasteiger partial charge is 0.0828 e. The molecular weight excluding hydrogens is 164 g/mol. The third-order valence-corrected chi connectivity index (χ3v) is 1.86. The number of nitrogens with one attached hydrogen (secondary N) is 1. The zero-order valence-corrected chi connectivity index (χ0v) is 7.14. The lowest BCUT2D eigenvalue weighted by Gasteiger charge is -1.96. The fourth-order valence-electron chi connectivity index (χ4n) is 1.16. The molecule has 4 heteroatoms. The molecule has 0 aliphatic carbocycles. The van der Waals surface area contributed by atoms with Crippen molar-refractivity contribution in [1.82, 2.24) is 20.4 Å². The van der Waals surface area contributed by atoms with E-state index in [4.69, 9.17) is 0 Å². The molecule has 0 radical (unpaired) electrons. The van der Waals surface area contributed by atoms with Gasteiger partial charge in [0.15, 0.2) is 0 Å². The van der Waals surface area contributed by atoms with Crippen LogP contribution in [0, 0.1) is 0 Å². The molecule has 0 unspecified atom stereocenters. The summed E-state index contributed by atoms with van der Waals surface area (Å²) in [6, 6.07) is 4.01. The normalized spacial score (nSPS) is 10.2.